The van der Waals surface area contributed by atoms with Crippen molar-refractivity contribution >= 4 is 36.4 Å². The summed E-state index contributed by atoms with van der Waals surface area (Å²) in [6.07, 6.45) is 3.80. The Morgan fingerprint density at radius 2 is 1.81 bits per heavy atom. The van der Waals surface area contributed by atoms with Gasteiger partial charge in [-0.2, -0.15) is 0 Å². The van der Waals surface area contributed by atoms with Crippen molar-refractivity contribution in [2.24, 2.45) is 5.73 Å². The number of hydrogen-bond acceptors (Lipinski definition) is 4. The number of rotatable bonds is 9. The number of halogens is 2. The molecule has 1 aromatic rings. The first-order chi connectivity index (χ1) is 11.7. The fourth-order valence-electron chi connectivity index (χ4n) is 3.13. The molecule has 0 bridgehead atoms. The number of hydrogen-bond donors (Lipinski definition) is 2. The molecule has 1 aliphatic heterocycles. The predicted molar refractivity (Wildman–Crippen MR) is 115 cm³/mol. The van der Waals surface area contributed by atoms with Gasteiger partial charge in [0.25, 0.3) is 0 Å². The maximum Gasteiger partial charge on any atom is 0.221 e. The van der Waals surface area contributed by atoms with Gasteiger partial charge in [-0.25, -0.2) is 0 Å². The molecule has 7 heteroatoms. The molecule has 2 rings (SSSR count). The number of anilines is 1. The lowest BCUT2D eigenvalue weighted by Gasteiger charge is -2.36. The molecule has 150 valence electrons. The van der Waals surface area contributed by atoms with Crippen LogP contribution in [0.25, 0.3) is 0 Å². The molecule has 0 aromatic heterocycles. The van der Waals surface area contributed by atoms with Crippen LogP contribution in [0.4, 0.5) is 5.69 Å². The van der Waals surface area contributed by atoms with Crippen LogP contribution in [0.2, 0.25) is 0 Å². The molecule has 0 spiro atoms. The van der Waals surface area contributed by atoms with E-state index in [0.717, 1.165) is 52.0 Å². The number of benzene rings is 1. The van der Waals surface area contributed by atoms with E-state index in [1.54, 1.807) is 0 Å². The summed E-state index contributed by atoms with van der Waals surface area (Å²) in [6, 6.07) is 10.7. The van der Waals surface area contributed by atoms with Crippen molar-refractivity contribution in [1.82, 2.24) is 10.2 Å². The Kier molecular flexibility index (Phi) is 13.6. The van der Waals surface area contributed by atoms with Crippen LogP contribution in [0, 0.1) is 0 Å². The van der Waals surface area contributed by atoms with Crippen LogP contribution in [0.5, 0.6) is 0 Å². The van der Waals surface area contributed by atoms with E-state index in [1.807, 2.05) is 6.07 Å². The fourth-order valence-corrected chi connectivity index (χ4v) is 3.13. The van der Waals surface area contributed by atoms with Crippen LogP contribution in [0.15, 0.2) is 30.3 Å². The van der Waals surface area contributed by atoms with E-state index in [9.17, 15) is 4.79 Å². The maximum atomic E-state index is 12.1. The number of carbonyl (C=O) groups is 1. The number of unbranched alkanes of at least 4 members (excludes halogenated alkanes) is 1. The summed E-state index contributed by atoms with van der Waals surface area (Å²) in [4.78, 5) is 16.9. The van der Waals surface area contributed by atoms with E-state index < -0.39 is 0 Å². The highest BCUT2D eigenvalue weighted by Gasteiger charge is 2.18. The van der Waals surface area contributed by atoms with E-state index in [1.165, 1.54) is 5.69 Å². The highest BCUT2D eigenvalue weighted by atomic mass is 35.5. The second-order valence-electron chi connectivity index (χ2n) is 6.56. The first kappa shape index (κ1) is 25.0. The van der Waals surface area contributed by atoms with Gasteiger partial charge in [0.05, 0.1) is 0 Å². The quantitative estimate of drug-likeness (QED) is 0.663. The Labute approximate surface area is 170 Å². The molecule has 5 nitrogen and oxygen atoms in total. The number of carbonyl (C=O) groups excluding carboxylic acids is 1. The van der Waals surface area contributed by atoms with Gasteiger partial charge < -0.3 is 16.0 Å². The third-order valence-electron chi connectivity index (χ3n) is 4.70. The van der Waals surface area contributed by atoms with Gasteiger partial charge in [0.2, 0.25) is 5.91 Å². The minimum Gasteiger partial charge on any atom is -0.369 e. The van der Waals surface area contributed by atoms with Gasteiger partial charge in [-0.1, -0.05) is 38.0 Å². The van der Waals surface area contributed by atoms with Crippen LogP contribution in [-0.2, 0) is 4.79 Å². The zero-order valence-electron chi connectivity index (χ0n) is 15.7. The summed E-state index contributed by atoms with van der Waals surface area (Å²) in [6.45, 7) is 7.59. The van der Waals surface area contributed by atoms with Gasteiger partial charge in [0.15, 0.2) is 0 Å². The standard InChI is InChI=1S/C19H32N4O.2ClH/c1-2-3-7-17(16-20)21-19(24)10-11-22-12-14-23(15-13-22)18-8-5-4-6-9-18;;/h4-6,8-9,17H,2-3,7,10-16,20H2,1H3,(H,21,24);2*1H. The smallest absolute Gasteiger partial charge is 0.221 e. The number of nitrogens with one attached hydrogen (secondary N) is 1. The first-order valence-corrected chi connectivity index (χ1v) is 9.24. The topological polar surface area (TPSA) is 61.6 Å². The summed E-state index contributed by atoms with van der Waals surface area (Å²) in [5, 5.41) is 3.07. The Morgan fingerprint density at radius 1 is 1.15 bits per heavy atom. The molecular formula is C19H34Cl2N4O. The molecule has 26 heavy (non-hydrogen) atoms. The number of amides is 1. The second kappa shape index (κ2) is 14.1. The number of nitrogens with two attached hydrogens (primary N) is 1. The van der Waals surface area contributed by atoms with E-state index >= 15 is 0 Å². The molecule has 1 unspecified atom stereocenters. The van der Waals surface area contributed by atoms with Crippen molar-refractivity contribution in [2.45, 2.75) is 38.6 Å². The second-order valence-corrected chi connectivity index (χ2v) is 6.56. The van der Waals surface area contributed by atoms with Crippen LogP contribution < -0.4 is 16.0 Å². The molecule has 0 radical (unpaired) electrons. The average molecular weight is 405 g/mol. The number of nitrogens with zero attached hydrogens (tertiary/aromatic N) is 2. The molecule has 0 aliphatic carbocycles. The third kappa shape index (κ3) is 8.58. The van der Waals surface area contributed by atoms with Gasteiger partial charge in [-0.3, -0.25) is 9.69 Å². The summed E-state index contributed by atoms with van der Waals surface area (Å²) in [7, 11) is 0. The highest BCUT2D eigenvalue weighted by Crippen LogP contribution is 2.15. The van der Waals surface area contributed by atoms with Crippen molar-refractivity contribution in [2.75, 3.05) is 44.2 Å². The molecule has 1 aliphatic rings. The van der Waals surface area contributed by atoms with Gasteiger partial charge in [-0.15, -0.1) is 24.8 Å². The third-order valence-corrected chi connectivity index (χ3v) is 4.70. The van der Waals surface area contributed by atoms with Crippen molar-refractivity contribution in [3.8, 4) is 0 Å². The van der Waals surface area contributed by atoms with E-state index in [-0.39, 0.29) is 36.8 Å². The highest BCUT2D eigenvalue weighted by molar-refractivity contribution is 5.85. The van der Waals surface area contributed by atoms with Crippen molar-refractivity contribution < 1.29 is 4.79 Å². The van der Waals surface area contributed by atoms with Crippen molar-refractivity contribution in [3.63, 3.8) is 0 Å². The van der Waals surface area contributed by atoms with Crippen molar-refractivity contribution in [3.05, 3.63) is 30.3 Å². The van der Waals surface area contributed by atoms with Crippen molar-refractivity contribution in [1.29, 1.82) is 0 Å². The maximum absolute atomic E-state index is 12.1. The van der Waals surface area contributed by atoms with Crippen LogP contribution in [0.3, 0.4) is 0 Å². The molecule has 1 saturated heterocycles. The first-order valence-electron chi connectivity index (χ1n) is 9.24. The van der Waals surface area contributed by atoms with Gasteiger partial charge in [-0.05, 0) is 18.6 Å². The molecule has 1 heterocycles. The number of para-hydroxylation sites is 1. The zero-order valence-corrected chi connectivity index (χ0v) is 17.4. The van der Waals surface area contributed by atoms with E-state index in [4.69, 9.17) is 5.73 Å². The van der Waals surface area contributed by atoms with E-state index in [2.05, 4.69) is 46.3 Å². The van der Waals surface area contributed by atoms with Gasteiger partial charge in [0, 0.05) is 57.4 Å². The van der Waals surface area contributed by atoms with E-state index in [0.29, 0.717) is 13.0 Å². The lowest BCUT2D eigenvalue weighted by molar-refractivity contribution is -0.122. The Morgan fingerprint density at radius 3 is 2.38 bits per heavy atom. The zero-order chi connectivity index (χ0) is 17.2. The SMILES string of the molecule is CCCCC(CN)NC(=O)CCN1CCN(c2ccccc2)CC1.Cl.Cl. The van der Waals surface area contributed by atoms with Crippen LogP contribution in [0.1, 0.15) is 32.6 Å². The predicted octanol–water partition coefficient (Wildman–Crippen LogP) is 2.68. The molecule has 3 N–H and O–H groups in total. The summed E-state index contributed by atoms with van der Waals surface area (Å²) in [5.74, 6) is 0.132. The largest absolute Gasteiger partial charge is 0.369 e. The molecule has 1 atom stereocenters. The number of piperazine rings is 1. The molecular weight excluding hydrogens is 371 g/mol. The van der Waals surface area contributed by atoms with Gasteiger partial charge >= 0.3 is 0 Å². The molecule has 1 amide bonds. The Hall–Kier alpha value is -1.01. The Balaban J connectivity index is 0.00000312. The monoisotopic (exact) mass is 404 g/mol. The average Bonchev–Trinajstić information content (AvgIpc) is 2.64. The summed E-state index contributed by atoms with van der Waals surface area (Å²) < 4.78 is 0. The van der Waals surface area contributed by atoms with Crippen LogP contribution >= 0.6 is 24.8 Å². The summed E-state index contributed by atoms with van der Waals surface area (Å²) >= 11 is 0. The van der Waals surface area contributed by atoms with Gasteiger partial charge in [0.1, 0.15) is 0 Å². The van der Waals surface area contributed by atoms with Crippen LogP contribution in [-0.4, -0.2) is 56.1 Å². The summed E-state index contributed by atoms with van der Waals surface area (Å²) in [5.41, 5.74) is 7.03. The molecule has 1 aromatic carbocycles. The lowest BCUT2D eigenvalue weighted by Crippen LogP contribution is -2.48. The Bertz CT molecular complexity index is 482. The minimum atomic E-state index is 0. The lowest BCUT2D eigenvalue weighted by atomic mass is 10.1. The molecule has 0 saturated carbocycles. The molecule has 1 fully saturated rings. The normalized spacial score (nSPS) is 15.5. The fraction of sp³-hybridized carbons (Fsp3) is 0.632. The minimum absolute atomic E-state index is 0.